The molecule has 2 heterocycles. The second-order valence-electron chi connectivity index (χ2n) is 2.30. The molecule has 0 atom stereocenters. The Labute approximate surface area is 70.2 Å². The smallest absolute Gasteiger partial charge is 0.0840 e. The van der Waals surface area contributed by atoms with Crippen molar-refractivity contribution >= 4 is 5.69 Å². The van der Waals surface area contributed by atoms with Gasteiger partial charge in [0.15, 0.2) is 0 Å². The molecule has 0 unspecified atom stereocenters. The van der Waals surface area contributed by atoms with Crippen LogP contribution in [0.4, 0.5) is 5.69 Å². The molecule has 4 nitrogen and oxygen atoms in total. The Morgan fingerprint density at radius 1 is 1.25 bits per heavy atom. The zero-order chi connectivity index (χ0) is 8.23. The van der Waals surface area contributed by atoms with Gasteiger partial charge in [-0.1, -0.05) is 0 Å². The monoisotopic (exact) mass is 160 g/mol. The van der Waals surface area contributed by atoms with E-state index in [2.05, 4.69) is 15.6 Å². The minimum Gasteiger partial charge on any atom is -0.302 e. The number of allylic oxidation sites excluding steroid dienone is 2. The van der Waals surface area contributed by atoms with Crippen molar-refractivity contribution in [1.82, 2.24) is 15.6 Å². The van der Waals surface area contributed by atoms with E-state index in [1.807, 2.05) is 35.6 Å². The first-order chi connectivity index (χ1) is 5.97. The molecule has 1 aliphatic rings. The Kier molecular flexibility index (Phi) is 1.74. The fourth-order valence-corrected chi connectivity index (χ4v) is 0.944. The van der Waals surface area contributed by atoms with Crippen molar-refractivity contribution in [2.75, 3.05) is 5.01 Å². The van der Waals surface area contributed by atoms with Gasteiger partial charge in [0.2, 0.25) is 0 Å². The number of nitrogens with one attached hydrogen (secondary N) is 1. The van der Waals surface area contributed by atoms with Crippen molar-refractivity contribution in [3.8, 4) is 0 Å². The number of hydrogen-bond acceptors (Lipinski definition) is 4. The molecule has 0 aromatic carbocycles. The van der Waals surface area contributed by atoms with Crippen molar-refractivity contribution < 1.29 is 0 Å². The first-order valence-corrected chi connectivity index (χ1v) is 3.62. The summed E-state index contributed by atoms with van der Waals surface area (Å²) in [6.07, 6.45) is 11.0. The van der Waals surface area contributed by atoms with Crippen LogP contribution in [0.15, 0.2) is 43.0 Å². The van der Waals surface area contributed by atoms with Crippen molar-refractivity contribution in [3.63, 3.8) is 0 Å². The molecule has 0 amide bonds. The third-order valence-corrected chi connectivity index (χ3v) is 1.50. The third-order valence-electron chi connectivity index (χ3n) is 1.50. The molecule has 0 fully saturated rings. The van der Waals surface area contributed by atoms with Crippen LogP contribution in [0.2, 0.25) is 0 Å². The highest BCUT2D eigenvalue weighted by Crippen LogP contribution is 2.09. The molecule has 0 bridgehead atoms. The van der Waals surface area contributed by atoms with Crippen LogP contribution in [0.5, 0.6) is 0 Å². The molecule has 1 aliphatic heterocycles. The Morgan fingerprint density at radius 3 is 2.92 bits per heavy atom. The van der Waals surface area contributed by atoms with Crippen LogP contribution in [0.1, 0.15) is 0 Å². The lowest BCUT2D eigenvalue weighted by atomic mass is 10.4. The second-order valence-corrected chi connectivity index (χ2v) is 2.30. The lowest BCUT2D eigenvalue weighted by Crippen LogP contribution is -2.30. The van der Waals surface area contributed by atoms with E-state index in [0.717, 1.165) is 5.69 Å². The van der Waals surface area contributed by atoms with E-state index in [1.165, 1.54) is 0 Å². The summed E-state index contributed by atoms with van der Waals surface area (Å²) >= 11 is 0. The molecular weight excluding hydrogens is 152 g/mol. The zero-order valence-corrected chi connectivity index (χ0v) is 6.38. The minimum absolute atomic E-state index is 0.964. The van der Waals surface area contributed by atoms with Gasteiger partial charge in [0.1, 0.15) is 0 Å². The molecule has 4 heteroatoms. The van der Waals surface area contributed by atoms with E-state index in [0.29, 0.717) is 0 Å². The highest BCUT2D eigenvalue weighted by molar-refractivity contribution is 5.46. The fraction of sp³-hybridized carbons (Fsp3) is 0. The summed E-state index contributed by atoms with van der Waals surface area (Å²) in [5, 5.41) is 9.32. The summed E-state index contributed by atoms with van der Waals surface area (Å²) in [5.41, 5.74) is 4.00. The number of nitrogens with zero attached hydrogens (tertiary/aromatic N) is 3. The number of hydrazine groups is 1. The largest absolute Gasteiger partial charge is 0.302 e. The van der Waals surface area contributed by atoms with E-state index in [9.17, 15) is 0 Å². The van der Waals surface area contributed by atoms with E-state index >= 15 is 0 Å². The third kappa shape index (κ3) is 1.27. The predicted octanol–water partition coefficient (Wildman–Crippen LogP) is 0.829. The van der Waals surface area contributed by atoms with Crippen LogP contribution in [0, 0.1) is 0 Å². The molecule has 2 rings (SSSR count). The number of hydrogen-bond donors (Lipinski definition) is 1. The second kappa shape index (κ2) is 3.04. The first kappa shape index (κ1) is 6.84. The fourth-order valence-electron chi connectivity index (χ4n) is 0.944. The molecule has 0 aliphatic carbocycles. The highest BCUT2D eigenvalue weighted by atomic mass is 15.5. The maximum atomic E-state index is 3.77. The van der Waals surface area contributed by atoms with E-state index in [-0.39, 0.29) is 0 Å². The lowest BCUT2D eigenvalue weighted by molar-refractivity contribution is 0.856. The van der Waals surface area contributed by atoms with Crippen LogP contribution < -0.4 is 10.4 Å². The normalized spacial score (nSPS) is 14.5. The molecule has 0 spiro atoms. The molecule has 0 saturated carbocycles. The molecule has 12 heavy (non-hydrogen) atoms. The molecule has 0 saturated heterocycles. The lowest BCUT2D eigenvalue weighted by Gasteiger charge is -2.20. The van der Waals surface area contributed by atoms with Crippen molar-refractivity contribution in [2.45, 2.75) is 0 Å². The van der Waals surface area contributed by atoms with Gasteiger partial charge in [0.05, 0.1) is 18.1 Å². The predicted molar refractivity (Wildman–Crippen MR) is 45.9 cm³/mol. The number of rotatable bonds is 1. The molecule has 1 aromatic heterocycles. The number of aromatic nitrogens is 2. The van der Waals surface area contributed by atoms with Gasteiger partial charge in [0, 0.05) is 12.4 Å². The molecule has 60 valence electrons. The van der Waals surface area contributed by atoms with Gasteiger partial charge in [0.25, 0.3) is 0 Å². The van der Waals surface area contributed by atoms with E-state index < -0.39 is 0 Å². The Hall–Kier alpha value is -1.84. The van der Waals surface area contributed by atoms with Crippen molar-refractivity contribution in [2.24, 2.45) is 0 Å². The average molecular weight is 160 g/mol. The Balaban J connectivity index is 2.21. The van der Waals surface area contributed by atoms with Crippen molar-refractivity contribution in [3.05, 3.63) is 43.0 Å². The summed E-state index contributed by atoms with van der Waals surface area (Å²) < 4.78 is 0. The topological polar surface area (TPSA) is 41.0 Å². The van der Waals surface area contributed by atoms with Gasteiger partial charge >= 0.3 is 0 Å². The van der Waals surface area contributed by atoms with Crippen LogP contribution in [-0.4, -0.2) is 10.2 Å². The summed E-state index contributed by atoms with van der Waals surface area (Å²) in [6, 6.07) is 1.88. The van der Waals surface area contributed by atoms with Gasteiger partial charge < -0.3 is 5.43 Å². The quantitative estimate of drug-likeness (QED) is 0.660. The summed E-state index contributed by atoms with van der Waals surface area (Å²) in [5.74, 6) is 0. The SMILES string of the molecule is C1=CNN(c2ccnnc2)C=C1. The molecule has 1 N–H and O–H groups in total. The standard InChI is InChI=1S/C8H8N4/c1-2-6-12(11-4-1)8-3-5-9-10-7-8/h1-7,11H. The molecule has 1 aromatic rings. The molecule has 0 radical (unpaired) electrons. The van der Waals surface area contributed by atoms with Crippen LogP contribution in [-0.2, 0) is 0 Å². The van der Waals surface area contributed by atoms with Crippen LogP contribution in [0.25, 0.3) is 0 Å². The maximum absolute atomic E-state index is 3.77. The van der Waals surface area contributed by atoms with Crippen molar-refractivity contribution in [1.29, 1.82) is 0 Å². The summed E-state index contributed by atoms with van der Waals surface area (Å²) in [4.78, 5) is 0. The Bertz CT molecular complexity index is 304. The van der Waals surface area contributed by atoms with Gasteiger partial charge in [-0.15, -0.1) is 0 Å². The zero-order valence-electron chi connectivity index (χ0n) is 6.38. The minimum atomic E-state index is 0.964. The summed E-state index contributed by atoms with van der Waals surface area (Å²) in [6.45, 7) is 0. The van der Waals surface area contributed by atoms with Crippen LogP contribution >= 0.6 is 0 Å². The average Bonchev–Trinajstić information content (AvgIpc) is 2.21. The highest BCUT2D eigenvalue weighted by Gasteiger charge is 2.00. The van der Waals surface area contributed by atoms with Gasteiger partial charge in [-0.3, -0.25) is 5.01 Å². The van der Waals surface area contributed by atoms with Gasteiger partial charge in [-0.2, -0.15) is 10.2 Å². The number of anilines is 1. The van der Waals surface area contributed by atoms with E-state index in [4.69, 9.17) is 0 Å². The Morgan fingerprint density at radius 2 is 2.25 bits per heavy atom. The maximum Gasteiger partial charge on any atom is 0.0840 e. The molecular formula is C8H8N4. The van der Waals surface area contributed by atoms with Gasteiger partial charge in [-0.05, 0) is 18.2 Å². The van der Waals surface area contributed by atoms with Crippen LogP contribution in [0.3, 0.4) is 0 Å². The van der Waals surface area contributed by atoms with E-state index in [1.54, 1.807) is 12.4 Å². The first-order valence-electron chi connectivity index (χ1n) is 3.62. The summed E-state index contributed by atoms with van der Waals surface area (Å²) in [7, 11) is 0. The van der Waals surface area contributed by atoms with Gasteiger partial charge in [-0.25, -0.2) is 0 Å².